The third-order valence-corrected chi connectivity index (χ3v) is 3.84. The highest BCUT2D eigenvalue weighted by molar-refractivity contribution is 5.87. The number of aliphatic hydroxyl groups is 1. The summed E-state index contributed by atoms with van der Waals surface area (Å²) in [6, 6.07) is 13.9. The molecule has 7 nitrogen and oxygen atoms in total. The molecular weight excluding hydrogens is 374 g/mol. The molecule has 0 bridgehead atoms. The molecule has 0 saturated heterocycles. The van der Waals surface area contributed by atoms with Crippen LogP contribution in [0, 0.1) is 4.91 Å². The second-order valence-corrected chi connectivity index (χ2v) is 6.26. The Bertz CT molecular complexity index is 863. The molecule has 0 amide bonds. The van der Waals surface area contributed by atoms with Crippen molar-refractivity contribution in [2.75, 3.05) is 13.2 Å². The lowest BCUT2D eigenvalue weighted by atomic mass is 10.2. The lowest BCUT2D eigenvalue weighted by Crippen LogP contribution is -2.25. The third kappa shape index (κ3) is 8.08. The topological polar surface area (TPSA) is 105 Å². The highest BCUT2D eigenvalue weighted by Gasteiger charge is 2.09. The van der Waals surface area contributed by atoms with E-state index in [4.69, 9.17) is 9.47 Å². The predicted octanol–water partition coefficient (Wildman–Crippen LogP) is 3.83. The van der Waals surface area contributed by atoms with Gasteiger partial charge in [-0.1, -0.05) is 48.6 Å². The van der Waals surface area contributed by atoms with Crippen LogP contribution in [0.25, 0.3) is 12.2 Å². The Hall–Kier alpha value is -3.29. The van der Waals surface area contributed by atoms with Crippen LogP contribution in [0.4, 0.5) is 5.69 Å². The molecule has 2 unspecified atom stereocenters. The van der Waals surface area contributed by atoms with E-state index in [-0.39, 0.29) is 30.8 Å². The Morgan fingerprint density at radius 1 is 1.10 bits per heavy atom. The van der Waals surface area contributed by atoms with Gasteiger partial charge in [-0.15, -0.1) is 4.91 Å². The van der Waals surface area contributed by atoms with Crippen LogP contribution < -0.4 is 0 Å². The number of nitroso groups, excluding NO2 is 1. The Kier molecular flexibility index (Phi) is 8.75. The van der Waals surface area contributed by atoms with Crippen molar-refractivity contribution in [3.8, 4) is 5.75 Å². The van der Waals surface area contributed by atoms with Crippen LogP contribution in [-0.2, 0) is 14.3 Å². The largest absolute Gasteiger partial charge is 0.506 e. The second kappa shape index (κ2) is 11.5. The number of aliphatic hydroxyl groups excluding tert-OH is 1. The molecule has 2 aromatic rings. The molecule has 152 valence electrons. The molecule has 2 aromatic carbocycles. The number of benzene rings is 2. The van der Waals surface area contributed by atoms with Gasteiger partial charge in [-0.2, -0.15) is 0 Å². The van der Waals surface area contributed by atoms with E-state index in [0.717, 1.165) is 11.6 Å². The van der Waals surface area contributed by atoms with Crippen LogP contribution in [0.5, 0.6) is 5.75 Å². The highest BCUT2D eigenvalue weighted by atomic mass is 16.5. The zero-order valence-corrected chi connectivity index (χ0v) is 16.0. The summed E-state index contributed by atoms with van der Waals surface area (Å²) in [5, 5.41) is 22.0. The highest BCUT2D eigenvalue weighted by Crippen LogP contribution is 2.27. The summed E-state index contributed by atoms with van der Waals surface area (Å²) < 4.78 is 10.5. The molecule has 2 rings (SSSR count). The number of carbonyl (C=O) groups excluding carboxylic acids is 1. The molecule has 7 heteroatoms. The number of esters is 1. The van der Waals surface area contributed by atoms with Gasteiger partial charge in [-0.3, -0.25) is 0 Å². The van der Waals surface area contributed by atoms with Gasteiger partial charge < -0.3 is 19.7 Å². The van der Waals surface area contributed by atoms with Gasteiger partial charge in [0.05, 0.1) is 12.7 Å². The molecule has 0 aliphatic carbocycles. The van der Waals surface area contributed by atoms with E-state index in [2.05, 4.69) is 5.18 Å². The fourth-order valence-corrected chi connectivity index (χ4v) is 2.29. The van der Waals surface area contributed by atoms with E-state index in [1.54, 1.807) is 0 Å². The number of hydrogen-bond donors (Lipinski definition) is 2. The average Bonchev–Trinajstić information content (AvgIpc) is 2.74. The van der Waals surface area contributed by atoms with Gasteiger partial charge in [-0.05, 0) is 41.4 Å². The molecule has 0 saturated carbocycles. The minimum atomic E-state index is -0.959. The lowest BCUT2D eigenvalue weighted by molar-refractivity contribution is -0.142. The van der Waals surface area contributed by atoms with Gasteiger partial charge in [0.15, 0.2) is 0 Å². The first-order valence-corrected chi connectivity index (χ1v) is 9.02. The summed E-state index contributed by atoms with van der Waals surface area (Å²) >= 11 is 0. The van der Waals surface area contributed by atoms with E-state index in [9.17, 15) is 19.9 Å². The smallest absolute Gasteiger partial charge is 0.330 e. The van der Waals surface area contributed by atoms with Crippen LogP contribution in [0.2, 0.25) is 0 Å². The third-order valence-electron chi connectivity index (χ3n) is 3.84. The molecule has 29 heavy (non-hydrogen) atoms. The first-order valence-electron chi connectivity index (χ1n) is 9.02. The van der Waals surface area contributed by atoms with Crippen molar-refractivity contribution in [1.82, 2.24) is 0 Å². The van der Waals surface area contributed by atoms with E-state index < -0.39 is 12.1 Å². The molecule has 0 spiro atoms. The first kappa shape index (κ1) is 22.0. The fourth-order valence-electron chi connectivity index (χ4n) is 2.29. The number of aromatic hydroxyl groups is 1. The molecule has 0 aliphatic rings. The standard InChI is InChI=1S/C22H23NO6/c1-16(7-8-17-5-3-2-4-6-17)28-14-19(24)15-29-22(26)12-10-18-9-11-21(25)20(13-18)23-27/h2-13,16,19,24-25H,14-15H2,1H3/b8-7+,12-10+. The molecule has 0 aromatic heterocycles. The summed E-state index contributed by atoms with van der Waals surface area (Å²) in [6.07, 6.45) is 5.19. The lowest BCUT2D eigenvalue weighted by Gasteiger charge is -2.14. The van der Waals surface area contributed by atoms with Crippen LogP contribution >= 0.6 is 0 Å². The van der Waals surface area contributed by atoms with Crippen molar-refractivity contribution in [3.63, 3.8) is 0 Å². The normalized spacial score (nSPS) is 13.4. The summed E-state index contributed by atoms with van der Waals surface area (Å²) in [6.45, 7) is 1.65. The minimum absolute atomic E-state index is 0.0175. The average molecular weight is 397 g/mol. The quantitative estimate of drug-likeness (QED) is 0.359. The second-order valence-electron chi connectivity index (χ2n) is 6.26. The van der Waals surface area contributed by atoms with Gasteiger partial charge in [-0.25, -0.2) is 4.79 Å². The number of phenols is 1. The van der Waals surface area contributed by atoms with Gasteiger partial charge in [0.25, 0.3) is 0 Å². The SMILES string of the molecule is CC(/C=C/c1ccccc1)OCC(O)COC(=O)/C=C/c1ccc(O)c(N=O)c1. The van der Waals surface area contributed by atoms with Gasteiger partial charge in [0, 0.05) is 6.08 Å². The predicted molar refractivity (Wildman–Crippen MR) is 110 cm³/mol. The number of ether oxygens (including phenoxy) is 2. The molecule has 0 aliphatic heterocycles. The number of nitrogens with zero attached hydrogens (tertiary/aromatic N) is 1. The number of carbonyl (C=O) groups is 1. The fraction of sp³-hybridized carbons (Fsp3) is 0.227. The first-order chi connectivity index (χ1) is 14.0. The van der Waals surface area contributed by atoms with Crippen molar-refractivity contribution < 1.29 is 24.5 Å². The monoisotopic (exact) mass is 397 g/mol. The molecule has 0 heterocycles. The molecule has 0 radical (unpaired) electrons. The van der Waals surface area contributed by atoms with Crippen molar-refractivity contribution in [2.24, 2.45) is 5.18 Å². The molecular formula is C22H23NO6. The van der Waals surface area contributed by atoms with Crippen LogP contribution in [0.15, 0.2) is 65.9 Å². The number of rotatable bonds is 10. The Balaban J connectivity index is 1.71. The zero-order valence-electron chi connectivity index (χ0n) is 16.0. The van der Waals surface area contributed by atoms with E-state index in [1.165, 1.54) is 24.3 Å². The summed E-state index contributed by atoms with van der Waals surface area (Å²) in [5.41, 5.74) is 1.43. The van der Waals surface area contributed by atoms with E-state index in [1.807, 2.05) is 49.4 Å². The van der Waals surface area contributed by atoms with Crippen molar-refractivity contribution in [2.45, 2.75) is 19.1 Å². The number of hydrogen-bond acceptors (Lipinski definition) is 7. The van der Waals surface area contributed by atoms with Crippen LogP contribution in [0.1, 0.15) is 18.1 Å². The maximum atomic E-state index is 11.7. The van der Waals surface area contributed by atoms with Crippen LogP contribution in [-0.4, -0.2) is 41.6 Å². The van der Waals surface area contributed by atoms with Gasteiger partial charge in [0.2, 0.25) is 0 Å². The Labute approximate surface area is 168 Å². The van der Waals surface area contributed by atoms with Crippen molar-refractivity contribution in [1.29, 1.82) is 0 Å². The van der Waals surface area contributed by atoms with Gasteiger partial charge >= 0.3 is 5.97 Å². The molecule has 2 N–H and O–H groups in total. The van der Waals surface area contributed by atoms with E-state index in [0.29, 0.717) is 5.56 Å². The molecule has 2 atom stereocenters. The summed E-state index contributed by atoms with van der Waals surface area (Å²) in [5.74, 6) is -0.898. The Morgan fingerprint density at radius 3 is 2.59 bits per heavy atom. The van der Waals surface area contributed by atoms with E-state index >= 15 is 0 Å². The minimum Gasteiger partial charge on any atom is -0.506 e. The maximum absolute atomic E-state index is 11.7. The zero-order chi connectivity index (χ0) is 21.1. The van der Waals surface area contributed by atoms with Crippen molar-refractivity contribution >= 4 is 23.8 Å². The molecule has 0 fully saturated rings. The summed E-state index contributed by atoms with van der Waals surface area (Å²) in [7, 11) is 0. The maximum Gasteiger partial charge on any atom is 0.330 e. The van der Waals surface area contributed by atoms with Gasteiger partial charge in [0.1, 0.15) is 24.1 Å². The van der Waals surface area contributed by atoms with Crippen LogP contribution in [0.3, 0.4) is 0 Å². The Morgan fingerprint density at radius 2 is 1.86 bits per heavy atom. The van der Waals surface area contributed by atoms with Crippen molar-refractivity contribution in [3.05, 3.63) is 76.7 Å². The summed E-state index contributed by atoms with van der Waals surface area (Å²) in [4.78, 5) is 22.3. The number of phenolic OH excluding ortho intramolecular Hbond substituents is 1.